The first kappa shape index (κ1) is 18.5. The average Bonchev–Trinajstić information content (AvgIpc) is 2.53. The second-order valence-electron chi connectivity index (χ2n) is 6.14. The van der Waals surface area contributed by atoms with Crippen molar-refractivity contribution < 1.29 is 9.53 Å². The molecule has 0 fully saturated rings. The van der Waals surface area contributed by atoms with Crippen LogP contribution in [0.5, 0.6) is 6.01 Å². The minimum Gasteiger partial charge on any atom is -0.461 e. The molecule has 1 atom stereocenters. The van der Waals surface area contributed by atoms with Crippen molar-refractivity contribution >= 4 is 5.91 Å². The Morgan fingerprint density at radius 3 is 2.52 bits per heavy atom. The first-order chi connectivity index (χ1) is 11.9. The lowest BCUT2D eigenvalue weighted by atomic mass is 10.1. The third-order valence-electron chi connectivity index (χ3n) is 3.25. The molecular weight excluding hydrogens is 314 g/mol. The molecular formula is C20H23N3O2. The maximum atomic E-state index is 11.1. The van der Waals surface area contributed by atoms with Gasteiger partial charge < -0.3 is 10.1 Å². The van der Waals surface area contributed by atoms with Gasteiger partial charge in [-0.25, -0.2) is 4.98 Å². The number of hydrogen-bond acceptors (Lipinski definition) is 4. The van der Waals surface area contributed by atoms with Crippen molar-refractivity contribution in [3.8, 4) is 17.9 Å². The van der Waals surface area contributed by atoms with Gasteiger partial charge in [0.25, 0.3) is 0 Å². The summed E-state index contributed by atoms with van der Waals surface area (Å²) in [6.07, 6.45) is 2.45. The van der Waals surface area contributed by atoms with E-state index in [0.29, 0.717) is 11.7 Å². The summed E-state index contributed by atoms with van der Waals surface area (Å²) in [5, 5.41) is 2.88. The lowest BCUT2D eigenvalue weighted by Gasteiger charge is -2.12. The van der Waals surface area contributed by atoms with E-state index in [0.717, 1.165) is 17.5 Å². The zero-order valence-corrected chi connectivity index (χ0v) is 15.0. The molecule has 1 unspecified atom stereocenters. The summed E-state index contributed by atoms with van der Waals surface area (Å²) in [5.41, 5.74) is 2.68. The van der Waals surface area contributed by atoms with Crippen LogP contribution in [0.2, 0.25) is 0 Å². The third kappa shape index (κ3) is 6.64. The van der Waals surface area contributed by atoms with Gasteiger partial charge in [-0.05, 0) is 56.9 Å². The Morgan fingerprint density at radius 2 is 1.88 bits per heavy atom. The fourth-order valence-corrected chi connectivity index (χ4v) is 2.29. The molecule has 5 nitrogen and oxygen atoms in total. The number of aromatic nitrogens is 2. The average molecular weight is 337 g/mol. The van der Waals surface area contributed by atoms with Gasteiger partial charge in [0.05, 0.1) is 6.10 Å². The van der Waals surface area contributed by atoms with E-state index >= 15 is 0 Å². The second-order valence-corrected chi connectivity index (χ2v) is 6.14. The minimum absolute atomic E-state index is 0.0133. The molecule has 130 valence electrons. The smallest absolute Gasteiger partial charge is 0.317 e. The largest absolute Gasteiger partial charge is 0.461 e. The monoisotopic (exact) mass is 337 g/mol. The molecule has 0 saturated carbocycles. The maximum Gasteiger partial charge on any atom is 0.317 e. The van der Waals surface area contributed by atoms with Gasteiger partial charge in [-0.15, -0.1) is 0 Å². The quantitative estimate of drug-likeness (QED) is 0.852. The first-order valence-electron chi connectivity index (χ1n) is 8.30. The van der Waals surface area contributed by atoms with Gasteiger partial charge in [0.2, 0.25) is 5.91 Å². The van der Waals surface area contributed by atoms with Gasteiger partial charge in [-0.3, -0.25) is 4.79 Å². The molecule has 1 heterocycles. The van der Waals surface area contributed by atoms with Crippen LogP contribution >= 0.6 is 0 Å². The second kappa shape index (κ2) is 8.84. The van der Waals surface area contributed by atoms with Crippen LogP contribution in [0.25, 0.3) is 0 Å². The fourth-order valence-electron chi connectivity index (χ4n) is 2.29. The highest BCUT2D eigenvalue weighted by Crippen LogP contribution is 2.08. The van der Waals surface area contributed by atoms with Crippen LogP contribution in [-0.4, -0.2) is 28.0 Å². The van der Waals surface area contributed by atoms with Crippen LogP contribution in [0.15, 0.2) is 36.5 Å². The Kier molecular flexibility index (Phi) is 6.53. The van der Waals surface area contributed by atoms with E-state index in [1.165, 1.54) is 6.92 Å². The fraction of sp³-hybridized carbons (Fsp3) is 0.350. The van der Waals surface area contributed by atoms with Crippen LogP contribution in [-0.2, 0) is 11.2 Å². The summed E-state index contributed by atoms with van der Waals surface area (Å²) in [6.45, 7) is 7.37. The van der Waals surface area contributed by atoms with E-state index in [-0.39, 0.29) is 18.1 Å². The molecule has 0 aliphatic carbocycles. The Labute approximate surface area is 148 Å². The zero-order chi connectivity index (χ0) is 18.2. The van der Waals surface area contributed by atoms with Crippen LogP contribution < -0.4 is 10.1 Å². The summed E-state index contributed by atoms with van der Waals surface area (Å²) in [7, 11) is 0. The van der Waals surface area contributed by atoms with Crippen molar-refractivity contribution in [1.29, 1.82) is 0 Å². The number of rotatable bonds is 5. The molecule has 0 saturated heterocycles. The van der Waals surface area contributed by atoms with E-state index in [9.17, 15) is 4.79 Å². The van der Waals surface area contributed by atoms with E-state index in [1.807, 2.05) is 45.0 Å². The molecule has 1 N–H and O–H groups in total. The molecule has 1 amide bonds. The van der Waals surface area contributed by atoms with Crippen LogP contribution in [0, 0.1) is 11.8 Å². The summed E-state index contributed by atoms with van der Waals surface area (Å²) in [5.74, 6) is 6.10. The molecule has 0 spiro atoms. The van der Waals surface area contributed by atoms with E-state index in [2.05, 4.69) is 27.1 Å². The Balaban J connectivity index is 2.02. The number of benzene rings is 1. The Hall–Kier alpha value is -2.87. The molecule has 1 aromatic heterocycles. The lowest BCUT2D eigenvalue weighted by Crippen LogP contribution is -2.31. The van der Waals surface area contributed by atoms with Crippen molar-refractivity contribution in [2.24, 2.45) is 0 Å². The number of amides is 1. The highest BCUT2D eigenvalue weighted by Gasteiger charge is 2.04. The van der Waals surface area contributed by atoms with E-state index in [1.54, 1.807) is 12.3 Å². The van der Waals surface area contributed by atoms with Crippen LogP contribution in [0.1, 0.15) is 44.5 Å². The highest BCUT2D eigenvalue weighted by atomic mass is 16.5. The Bertz CT molecular complexity index is 774. The predicted octanol–water partition coefficient (Wildman–Crippen LogP) is 2.73. The molecule has 0 bridgehead atoms. The van der Waals surface area contributed by atoms with Crippen molar-refractivity contribution in [3.63, 3.8) is 0 Å². The highest BCUT2D eigenvalue weighted by molar-refractivity contribution is 5.73. The molecule has 2 aromatic rings. The van der Waals surface area contributed by atoms with Gasteiger partial charge in [-0.2, -0.15) is 4.98 Å². The van der Waals surface area contributed by atoms with Gasteiger partial charge in [0, 0.05) is 24.7 Å². The number of nitrogens with one attached hydrogen (secondary N) is 1. The third-order valence-corrected chi connectivity index (χ3v) is 3.25. The zero-order valence-electron chi connectivity index (χ0n) is 15.0. The van der Waals surface area contributed by atoms with Gasteiger partial charge in [0.15, 0.2) is 0 Å². The van der Waals surface area contributed by atoms with Crippen molar-refractivity contribution in [3.05, 3.63) is 53.3 Å². The molecule has 0 aliphatic heterocycles. The van der Waals surface area contributed by atoms with Gasteiger partial charge >= 0.3 is 6.01 Å². The summed E-state index contributed by atoms with van der Waals surface area (Å²) in [4.78, 5) is 19.4. The van der Waals surface area contributed by atoms with Crippen LogP contribution in [0.3, 0.4) is 0 Å². The number of nitrogens with zero attached hydrogens (tertiary/aromatic N) is 2. The van der Waals surface area contributed by atoms with Crippen molar-refractivity contribution in [2.45, 2.75) is 46.3 Å². The van der Waals surface area contributed by atoms with Crippen molar-refractivity contribution in [1.82, 2.24) is 15.3 Å². The SMILES string of the molecule is CC(=O)NC(C)Cc1ccc(C#Cc2ccnc(OC(C)C)n2)cc1. The summed E-state index contributed by atoms with van der Waals surface area (Å²) in [6, 6.07) is 10.2. The molecule has 0 aliphatic rings. The van der Waals surface area contributed by atoms with Crippen LogP contribution in [0.4, 0.5) is 0 Å². The predicted molar refractivity (Wildman–Crippen MR) is 97.2 cm³/mol. The molecule has 25 heavy (non-hydrogen) atoms. The minimum atomic E-state index is -0.0133. The normalized spacial score (nSPS) is 11.4. The maximum absolute atomic E-state index is 11.1. The lowest BCUT2D eigenvalue weighted by molar-refractivity contribution is -0.119. The molecule has 5 heteroatoms. The molecule has 2 rings (SSSR count). The molecule has 0 radical (unpaired) electrons. The van der Waals surface area contributed by atoms with Crippen molar-refractivity contribution in [2.75, 3.05) is 0 Å². The number of carbonyl (C=O) groups excluding carboxylic acids is 1. The number of ether oxygens (including phenoxy) is 1. The number of hydrogen-bond donors (Lipinski definition) is 1. The standard InChI is InChI=1S/C20H23N3O2/c1-14(2)25-20-21-12-11-19(23-20)10-9-17-5-7-18(8-6-17)13-15(3)22-16(4)24/h5-8,11-12,14-15H,13H2,1-4H3,(H,22,24). The van der Waals surface area contributed by atoms with E-state index in [4.69, 9.17) is 4.74 Å². The molecule has 1 aromatic carbocycles. The summed E-state index contributed by atoms with van der Waals surface area (Å²) < 4.78 is 5.47. The topological polar surface area (TPSA) is 64.1 Å². The first-order valence-corrected chi connectivity index (χ1v) is 8.30. The number of carbonyl (C=O) groups is 1. The summed E-state index contributed by atoms with van der Waals surface area (Å²) >= 11 is 0. The van der Waals surface area contributed by atoms with E-state index < -0.39 is 0 Å². The van der Waals surface area contributed by atoms with Gasteiger partial charge in [0.1, 0.15) is 5.69 Å². The Morgan fingerprint density at radius 1 is 1.16 bits per heavy atom. The van der Waals surface area contributed by atoms with Gasteiger partial charge in [-0.1, -0.05) is 18.1 Å².